The van der Waals surface area contributed by atoms with Gasteiger partial charge in [-0.1, -0.05) is 50.3 Å². The van der Waals surface area contributed by atoms with Crippen molar-refractivity contribution in [3.8, 4) is 0 Å². The van der Waals surface area contributed by atoms with Gasteiger partial charge in [-0.2, -0.15) is 0 Å². The number of benzene rings is 1. The molecule has 98 valence electrons. The molecule has 0 aliphatic heterocycles. The standard InChI is InChI=1S/C17H25N/c1-4-13(3)10-17(18-5-2)16-11-14-8-6-7-9-15(14)12-16/h6-9,16-18H,3-5,10-12H2,1-2H3. The quantitative estimate of drug-likeness (QED) is 0.751. The summed E-state index contributed by atoms with van der Waals surface area (Å²) >= 11 is 0. The predicted molar refractivity (Wildman–Crippen MR) is 78.9 cm³/mol. The van der Waals surface area contributed by atoms with Gasteiger partial charge in [0.2, 0.25) is 0 Å². The van der Waals surface area contributed by atoms with Gasteiger partial charge in [-0.05, 0) is 49.3 Å². The Morgan fingerprint density at radius 2 is 1.89 bits per heavy atom. The van der Waals surface area contributed by atoms with Crippen LogP contribution < -0.4 is 5.32 Å². The Kier molecular flexibility index (Phi) is 4.60. The van der Waals surface area contributed by atoms with Crippen LogP contribution in [0.5, 0.6) is 0 Å². The molecule has 0 heterocycles. The van der Waals surface area contributed by atoms with Crippen molar-refractivity contribution in [1.82, 2.24) is 5.32 Å². The van der Waals surface area contributed by atoms with Crippen LogP contribution in [0.1, 0.15) is 37.8 Å². The topological polar surface area (TPSA) is 12.0 Å². The maximum absolute atomic E-state index is 4.18. The maximum atomic E-state index is 4.18. The average Bonchev–Trinajstić information content (AvgIpc) is 2.81. The van der Waals surface area contributed by atoms with Gasteiger partial charge in [0, 0.05) is 6.04 Å². The normalized spacial score (nSPS) is 16.6. The summed E-state index contributed by atoms with van der Waals surface area (Å²) in [6, 6.07) is 9.48. The van der Waals surface area contributed by atoms with Gasteiger partial charge < -0.3 is 5.32 Å². The highest BCUT2D eigenvalue weighted by Crippen LogP contribution is 2.30. The molecule has 1 aromatic rings. The molecule has 0 spiro atoms. The van der Waals surface area contributed by atoms with Gasteiger partial charge in [-0.25, -0.2) is 0 Å². The molecule has 2 rings (SSSR count). The third-order valence-electron chi connectivity index (χ3n) is 4.13. The second-order valence-electron chi connectivity index (χ2n) is 5.41. The molecule has 1 aromatic carbocycles. The SMILES string of the molecule is C=C(CC)CC(NCC)C1Cc2ccccc2C1. The van der Waals surface area contributed by atoms with Crippen LogP contribution in [0.4, 0.5) is 0 Å². The lowest BCUT2D eigenvalue weighted by atomic mass is 9.90. The molecule has 0 saturated carbocycles. The zero-order valence-electron chi connectivity index (χ0n) is 11.7. The lowest BCUT2D eigenvalue weighted by Crippen LogP contribution is -2.37. The van der Waals surface area contributed by atoms with Gasteiger partial charge >= 0.3 is 0 Å². The molecule has 1 unspecified atom stereocenters. The molecular weight excluding hydrogens is 218 g/mol. The first-order chi connectivity index (χ1) is 8.74. The zero-order chi connectivity index (χ0) is 13.0. The monoisotopic (exact) mass is 243 g/mol. The molecule has 0 saturated heterocycles. The molecule has 0 fully saturated rings. The first kappa shape index (κ1) is 13.4. The lowest BCUT2D eigenvalue weighted by molar-refractivity contribution is 0.365. The molecule has 1 aliphatic rings. The van der Waals surface area contributed by atoms with Crippen molar-refractivity contribution in [3.05, 3.63) is 47.5 Å². The largest absolute Gasteiger partial charge is 0.314 e. The number of hydrogen-bond donors (Lipinski definition) is 1. The number of hydrogen-bond acceptors (Lipinski definition) is 1. The molecule has 1 N–H and O–H groups in total. The molecule has 1 nitrogen and oxygen atoms in total. The van der Waals surface area contributed by atoms with Gasteiger partial charge in [0.05, 0.1) is 0 Å². The van der Waals surface area contributed by atoms with Crippen molar-refractivity contribution in [2.45, 2.75) is 45.6 Å². The summed E-state index contributed by atoms with van der Waals surface area (Å²) in [6.45, 7) is 9.63. The molecule has 0 radical (unpaired) electrons. The summed E-state index contributed by atoms with van der Waals surface area (Å²) in [5.74, 6) is 0.741. The van der Waals surface area contributed by atoms with Crippen LogP contribution >= 0.6 is 0 Å². The van der Waals surface area contributed by atoms with E-state index in [0.717, 1.165) is 25.3 Å². The van der Waals surface area contributed by atoms with Crippen LogP contribution in [0.25, 0.3) is 0 Å². The molecule has 0 bridgehead atoms. The highest BCUT2D eigenvalue weighted by Gasteiger charge is 2.27. The van der Waals surface area contributed by atoms with E-state index in [1.165, 1.54) is 18.4 Å². The first-order valence-electron chi connectivity index (χ1n) is 7.21. The Balaban J connectivity index is 2.03. The van der Waals surface area contributed by atoms with Crippen molar-refractivity contribution >= 4 is 0 Å². The molecular formula is C17H25N. The van der Waals surface area contributed by atoms with Crippen LogP contribution in [0.3, 0.4) is 0 Å². The molecule has 0 amide bonds. The molecule has 1 atom stereocenters. The summed E-state index contributed by atoms with van der Waals surface area (Å²) in [7, 11) is 0. The van der Waals surface area contributed by atoms with Gasteiger partial charge in [0.1, 0.15) is 0 Å². The van der Waals surface area contributed by atoms with E-state index in [2.05, 4.69) is 50.0 Å². The Morgan fingerprint density at radius 1 is 1.28 bits per heavy atom. The Labute approximate surface area is 111 Å². The van der Waals surface area contributed by atoms with E-state index in [1.54, 1.807) is 11.1 Å². The van der Waals surface area contributed by atoms with Crippen LogP contribution in [-0.2, 0) is 12.8 Å². The molecule has 18 heavy (non-hydrogen) atoms. The van der Waals surface area contributed by atoms with Crippen LogP contribution in [0.15, 0.2) is 36.4 Å². The Morgan fingerprint density at radius 3 is 2.39 bits per heavy atom. The third-order valence-corrected chi connectivity index (χ3v) is 4.13. The van der Waals surface area contributed by atoms with Gasteiger partial charge in [-0.15, -0.1) is 0 Å². The van der Waals surface area contributed by atoms with E-state index >= 15 is 0 Å². The minimum absolute atomic E-state index is 0.592. The van der Waals surface area contributed by atoms with Crippen molar-refractivity contribution in [2.75, 3.05) is 6.54 Å². The molecule has 1 heteroatoms. The number of rotatable bonds is 6. The molecule has 1 aliphatic carbocycles. The Bertz CT molecular complexity index is 383. The smallest absolute Gasteiger partial charge is 0.0139 e. The fraction of sp³-hybridized carbons (Fsp3) is 0.529. The lowest BCUT2D eigenvalue weighted by Gasteiger charge is -2.25. The fourth-order valence-electron chi connectivity index (χ4n) is 3.00. The highest BCUT2D eigenvalue weighted by molar-refractivity contribution is 5.32. The van der Waals surface area contributed by atoms with E-state index in [1.807, 2.05) is 0 Å². The summed E-state index contributed by atoms with van der Waals surface area (Å²) in [4.78, 5) is 0. The van der Waals surface area contributed by atoms with Gasteiger partial charge in [0.25, 0.3) is 0 Å². The van der Waals surface area contributed by atoms with Crippen molar-refractivity contribution < 1.29 is 0 Å². The van der Waals surface area contributed by atoms with Crippen molar-refractivity contribution in [2.24, 2.45) is 5.92 Å². The van der Waals surface area contributed by atoms with E-state index in [0.29, 0.717) is 6.04 Å². The van der Waals surface area contributed by atoms with E-state index < -0.39 is 0 Å². The fourth-order valence-corrected chi connectivity index (χ4v) is 3.00. The summed E-state index contributed by atoms with van der Waals surface area (Å²) in [5, 5.41) is 3.66. The predicted octanol–water partition coefficient (Wildman–Crippen LogP) is 3.74. The highest BCUT2D eigenvalue weighted by atomic mass is 14.9. The molecule has 0 aromatic heterocycles. The zero-order valence-corrected chi connectivity index (χ0v) is 11.7. The number of nitrogens with one attached hydrogen (secondary N) is 1. The van der Waals surface area contributed by atoms with Crippen LogP contribution in [0, 0.1) is 5.92 Å². The maximum Gasteiger partial charge on any atom is 0.0139 e. The van der Waals surface area contributed by atoms with Crippen LogP contribution in [-0.4, -0.2) is 12.6 Å². The minimum Gasteiger partial charge on any atom is -0.314 e. The summed E-state index contributed by atoms with van der Waals surface area (Å²) < 4.78 is 0. The first-order valence-corrected chi connectivity index (χ1v) is 7.21. The summed E-state index contributed by atoms with van der Waals surface area (Å²) in [6.07, 6.45) is 4.68. The Hall–Kier alpha value is -1.08. The second-order valence-corrected chi connectivity index (χ2v) is 5.41. The number of fused-ring (bicyclic) bond motifs is 1. The van der Waals surface area contributed by atoms with Gasteiger partial charge in [0.15, 0.2) is 0 Å². The average molecular weight is 243 g/mol. The van der Waals surface area contributed by atoms with Gasteiger partial charge in [-0.3, -0.25) is 0 Å². The van der Waals surface area contributed by atoms with E-state index in [9.17, 15) is 0 Å². The van der Waals surface area contributed by atoms with Crippen LogP contribution in [0.2, 0.25) is 0 Å². The summed E-state index contributed by atoms with van der Waals surface area (Å²) in [5.41, 5.74) is 4.47. The van der Waals surface area contributed by atoms with E-state index in [-0.39, 0.29) is 0 Å². The van der Waals surface area contributed by atoms with Crippen molar-refractivity contribution in [3.63, 3.8) is 0 Å². The third kappa shape index (κ3) is 3.02. The minimum atomic E-state index is 0.592. The van der Waals surface area contributed by atoms with Crippen molar-refractivity contribution in [1.29, 1.82) is 0 Å². The van der Waals surface area contributed by atoms with E-state index in [4.69, 9.17) is 0 Å². The second kappa shape index (κ2) is 6.19.